The van der Waals surface area contributed by atoms with Crippen LogP contribution >= 0.6 is 57.5 Å². The van der Waals surface area contributed by atoms with Crippen LogP contribution in [0, 0.1) is 0 Å². The molecule has 3 N–H and O–H groups in total. The number of anilines is 6. The molecule has 0 amide bonds. The molecule has 0 radical (unpaired) electrons. The van der Waals surface area contributed by atoms with E-state index in [1.54, 1.807) is 14.2 Å². The number of ether oxygens (including phenoxy) is 2. The lowest BCUT2D eigenvalue weighted by Gasteiger charge is -2.22. The molecule has 0 aliphatic heterocycles. The highest BCUT2D eigenvalue weighted by Gasteiger charge is 2.18. The second-order valence-corrected chi connectivity index (χ2v) is 17.7. The van der Waals surface area contributed by atoms with Crippen LogP contribution in [0.4, 0.5) is 56.0 Å². The molecule has 29 heteroatoms. The summed E-state index contributed by atoms with van der Waals surface area (Å²) >= 11 is 6.85. The Balaban J connectivity index is 0.000000945. The van der Waals surface area contributed by atoms with Gasteiger partial charge in [-0.25, -0.2) is 0 Å². The molecule has 0 saturated carbocycles. The Hall–Kier alpha value is -5.82. The van der Waals surface area contributed by atoms with Crippen molar-refractivity contribution in [1.82, 2.24) is 23.7 Å². The first kappa shape index (κ1) is 51.2. The highest BCUT2D eigenvalue weighted by atomic mass is 32.2. The summed E-state index contributed by atoms with van der Waals surface area (Å²) in [6.07, 6.45) is 0. The molecule has 0 saturated heterocycles. The monoisotopic (exact) mass is 1040 g/mol. The fourth-order valence-electron chi connectivity index (χ4n) is 5.99. The van der Waals surface area contributed by atoms with E-state index in [1.807, 2.05) is 47.2 Å². The number of aromatic nitrogens is 5. The molecule has 7 aromatic rings. The number of thioether (sulfide) groups is 1. The van der Waals surface area contributed by atoms with Gasteiger partial charge in [0.1, 0.15) is 32.5 Å². The van der Waals surface area contributed by atoms with Gasteiger partial charge in [0.2, 0.25) is 11.9 Å². The first-order valence-corrected chi connectivity index (χ1v) is 25.7. The van der Waals surface area contributed by atoms with Crippen molar-refractivity contribution in [3.63, 3.8) is 0 Å². The Kier molecular flexibility index (Phi) is 19.5. The van der Waals surface area contributed by atoms with Crippen LogP contribution in [0.2, 0.25) is 0 Å². The number of thiophene rings is 2. The molecule has 0 unspecified atom stereocenters. The molecule has 0 aliphatic rings. The van der Waals surface area contributed by atoms with Crippen LogP contribution in [0.15, 0.2) is 72.8 Å². The van der Waals surface area contributed by atoms with Gasteiger partial charge in [-0.3, -0.25) is 0 Å². The number of fused-ring (bicyclic) bond motifs is 2. The topological polar surface area (TPSA) is 286 Å². The zero-order chi connectivity index (χ0) is 47.8. The molecular formula is C37H41N13O9S7. The standard InChI is InChI=1S/C37H41N13O3S5.2O3S/c1-7-49(8-2)21-11-13-23(43-45-31-29-27(52-5)19-55-33(29)47-57-31)25(17-21)38-35-40-36(42-37(41-35)54-16-15-51)39-26-18-22(50(9-3)10-4)12-14-24(26)44-46-32-30-28(53-6)20-56-34(30)48-58-32;2*1-4(2)3/h11-14,17-20,51H,7-10,15-16H2,1-6H3,(H2,38,39,40,41,42);;. The van der Waals surface area contributed by atoms with E-state index >= 15 is 0 Å². The summed E-state index contributed by atoms with van der Waals surface area (Å²) in [5.74, 6) is 2.36. The maximum atomic E-state index is 9.71. The van der Waals surface area contributed by atoms with Gasteiger partial charge in [0.15, 0.2) is 15.2 Å². The molecular weight excluding hydrogens is 995 g/mol. The van der Waals surface area contributed by atoms with Gasteiger partial charge in [0.05, 0.1) is 43.0 Å². The number of hydrogen-bond acceptors (Lipinski definition) is 27. The fraction of sp³-hybridized carbons (Fsp3) is 0.324. The quantitative estimate of drug-likeness (QED) is 0.0502. The summed E-state index contributed by atoms with van der Waals surface area (Å²) in [4.78, 5) is 20.5. The Labute approximate surface area is 401 Å². The number of nitrogens with one attached hydrogen (secondary N) is 2. The number of hydrogen-bond donors (Lipinski definition) is 3. The van der Waals surface area contributed by atoms with Gasteiger partial charge in [-0.15, -0.1) is 68.4 Å². The average Bonchev–Trinajstić information content (AvgIpc) is 4.09. The molecule has 0 fully saturated rings. The van der Waals surface area contributed by atoms with Crippen LogP contribution in [-0.2, 0) is 21.2 Å². The lowest BCUT2D eigenvalue weighted by atomic mass is 10.2. The van der Waals surface area contributed by atoms with Gasteiger partial charge in [-0.1, -0.05) is 11.8 Å². The second kappa shape index (κ2) is 25.2. The highest BCUT2D eigenvalue weighted by molar-refractivity contribution is 7.99. The van der Waals surface area contributed by atoms with E-state index < -0.39 is 21.2 Å². The Morgan fingerprint density at radius 2 is 1.06 bits per heavy atom. The van der Waals surface area contributed by atoms with Crippen LogP contribution in [-0.4, -0.2) is 107 Å². The summed E-state index contributed by atoms with van der Waals surface area (Å²) < 4.78 is 70.8. The van der Waals surface area contributed by atoms with Gasteiger partial charge in [-0.2, -0.15) is 23.7 Å². The number of aliphatic hydroxyl groups is 1. The van der Waals surface area contributed by atoms with Crippen molar-refractivity contribution in [2.24, 2.45) is 20.5 Å². The number of methoxy groups -OCH3 is 2. The van der Waals surface area contributed by atoms with Crippen molar-refractivity contribution in [3.8, 4) is 11.5 Å². The van der Waals surface area contributed by atoms with Crippen molar-refractivity contribution in [2.45, 2.75) is 32.9 Å². The third-order valence-electron chi connectivity index (χ3n) is 8.92. The molecule has 0 aliphatic carbocycles. The van der Waals surface area contributed by atoms with Crippen molar-refractivity contribution in [1.29, 1.82) is 0 Å². The molecule has 0 atom stereocenters. The van der Waals surface area contributed by atoms with Crippen LogP contribution in [0.25, 0.3) is 20.4 Å². The van der Waals surface area contributed by atoms with E-state index in [1.165, 1.54) is 57.5 Å². The Bertz CT molecular complexity index is 2820. The van der Waals surface area contributed by atoms with Crippen LogP contribution in [0.1, 0.15) is 27.7 Å². The molecule has 0 spiro atoms. The molecule has 5 aromatic heterocycles. The predicted molar refractivity (Wildman–Crippen MR) is 260 cm³/mol. The summed E-state index contributed by atoms with van der Waals surface area (Å²) in [5, 5.41) is 42.4. The van der Waals surface area contributed by atoms with Gasteiger partial charge in [0, 0.05) is 54.1 Å². The zero-order valence-electron chi connectivity index (χ0n) is 35.9. The summed E-state index contributed by atoms with van der Waals surface area (Å²) in [6.45, 7) is 11.7. The minimum atomic E-state index is -3.11. The molecule has 22 nitrogen and oxygen atoms in total. The molecule has 66 heavy (non-hydrogen) atoms. The minimum absolute atomic E-state index is 0.0473. The van der Waals surface area contributed by atoms with Gasteiger partial charge in [-0.05, 0) is 87.2 Å². The molecule has 5 heterocycles. The van der Waals surface area contributed by atoms with E-state index in [0.717, 1.165) is 58.0 Å². The van der Waals surface area contributed by atoms with E-state index in [9.17, 15) is 5.11 Å². The number of benzene rings is 2. The van der Waals surface area contributed by atoms with Crippen molar-refractivity contribution >= 4 is 155 Å². The third kappa shape index (κ3) is 13.6. The smallest absolute Gasteiger partial charge is 0.425 e. The van der Waals surface area contributed by atoms with Crippen LogP contribution < -0.4 is 29.9 Å². The van der Waals surface area contributed by atoms with Crippen LogP contribution in [0.3, 0.4) is 0 Å². The van der Waals surface area contributed by atoms with Gasteiger partial charge < -0.3 is 35.0 Å². The first-order chi connectivity index (χ1) is 31.9. The Morgan fingerprint density at radius 3 is 1.42 bits per heavy atom. The molecule has 0 bridgehead atoms. The van der Waals surface area contributed by atoms with Gasteiger partial charge >= 0.3 is 21.2 Å². The van der Waals surface area contributed by atoms with E-state index in [2.05, 4.69) is 77.3 Å². The summed E-state index contributed by atoms with van der Waals surface area (Å²) in [5.41, 5.74) is 4.41. The summed E-state index contributed by atoms with van der Waals surface area (Å²) in [6, 6.07) is 11.9. The maximum absolute atomic E-state index is 9.71. The van der Waals surface area contributed by atoms with E-state index in [4.69, 9.17) is 49.7 Å². The Morgan fingerprint density at radius 1 is 0.652 bits per heavy atom. The maximum Gasteiger partial charge on any atom is 0.425 e. The lowest BCUT2D eigenvalue weighted by Crippen LogP contribution is -2.21. The zero-order valence-corrected chi connectivity index (χ0v) is 41.6. The van der Waals surface area contributed by atoms with E-state index in [0.29, 0.717) is 55.2 Å². The SMILES string of the molecule is CCN(CC)c1ccc(N=Nc2snc3scc(OC)c23)c(Nc2nc(Nc3cc(N(CC)CC)ccc3N=Nc3snc4scc(OC)c34)nc(SCCO)n2)c1.O=S(=O)=O.O=S(=O)=O. The molecule has 2 aromatic carbocycles. The predicted octanol–water partition coefficient (Wildman–Crippen LogP) is 9.32. The average molecular weight is 1040 g/mol. The van der Waals surface area contributed by atoms with E-state index in [-0.39, 0.29) is 18.5 Å². The minimum Gasteiger partial charge on any atom is -0.495 e. The highest BCUT2D eigenvalue weighted by Crippen LogP contribution is 2.44. The van der Waals surface area contributed by atoms with Crippen LogP contribution in [0.5, 0.6) is 11.5 Å². The van der Waals surface area contributed by atoms with Gasteiger partial charge in [0.25, 0.3) is 0 Å². The molecule has 350 valence electrons. The number of aliphatic hydroxyl groups excluding tert-OH is 1. The normalized spacial score (nSPS) is 11.0. The third-order valence-corrected chi connectivity index (χ3v) is 13.1. The van der Waals surface area contributed by atoms with Crippen molar-refractivity contribution < 1.29 is 39.8 Å². The molecule has 7 rings (SSSR count). The first-order valence-electron chi connectivity index (χ1n) is 19.4. The fourth-order valence-corrected chi connectivity index (χ4v) is 10.0. The lowest BCUT2D eigenvalue weighted by molar-refractivity contribution is 0.322. The van der Waals surface area contributed by atoms with Crippen molar-refractivity contribution in [2.75, 3.05) is 73.2 Å². The number of nitrogens with zero attached hydrogens (tertiary/aromatic N) is 11. The second-order valence-electron chi connectivity index (χ2n) is 12.6. The largest absolute Gasteiger partial charge is 0.495 e. The number of azo groups is 2. The van der Waals surface area contributed by atoms with Crippen molar-refractivity contribution in [3.05, 3.63) is 47.2 Å². The summed E-state index contributed by atoms with van der Waals surface area (Å²) in [7, 11) is -2.96. The number of rotatable bonds is 19.